The van der Waals surface area contributed by atoms with Gasteiger partial charge in [-0.25, -0.2) is 4.79 Å². The van der Waals surface area contributed by atoms with E-state index in [1.165, 1.54) is 49.7 Å². The molecule has 1 amide bonds. The van der Waals surface area contributed by atoms with Gasteiger partial charge in [0.25, 0.3) is 0 Å². The van der Waals surface area contributed by atoms with Gasteiger partial charge in [0.05, 0.1) is 12.6 Å². The first kappa shape index (κ1) is 22.9. The fraction of sp³-hybridized carbons (Fsp3) is 0.720. The van der Waals surface area contributed by atoms with Gasteiger partial charge < -0.3 is 20.9 Å². The lowest BCUT2D eigenvalue weighted by molar-refractivity contribution is 0.0483. The number of carbonyl (C=O) groups excluding carboxylic acids is 1. The minimum absolute atomic E-state index is 0.158. The number of nitrogen functional groups attached to an aromatic ring is 1. The van der Waals surface area contributed by atoms with E-state index in [-0.39, 0.29) is 12.0 Å². The topological polar surface area (TPSA) is 84.6 Å². The molecule has 2 aliphatic rings. The van der Waals surface area contributed by atoms with E-state index in [0.717, 1.165) is 17.7 Å². The number of anilines is 1. The van der Waals surface area contributed by atoms with E-state index in [9.17, 15) is 9.90 Å². The van der Waals surface area contributed by atoms with Gasteiger partial charge in [0.2, 0.25) is 0 Å². The molecule has 5 nitrogen and oxygen atoms in total. The van der Waals surface area contributed by atoms with Crippen molar-refractivity contribution in [2.75, 3.05) is 12.3 Å². The predicted molar refractivity (Wildman–Crippen MR) is 122 cm³/mol. The number of carbonyl (C=O) groups is 1. The standard InChI is InChI=1S/C25H40N2O3/c1-23(2,3)30-22(29)27-19(16-28)14-18-13-17-7-6-8-25(20(17)15-21(18)26)11-9-24(4,5)10-12-25/h13,15,19,28H,6-12,14,16,26H2,1-5H3,(H,27,29). The Kier molecular flexibility index (Phi) is 6.43. The molecule has 0 heterocycles. The first-order valence-electron chi connectivity index (χ1n) is 11.5. The van der Waals surface area contributed by atoms with Gasteiger partial charge in [-0.2, -0.15) is 0 Å². The number of rotatable bonds is 4. The zero-order valence-electron chi connectivity index (χ0n) is 19.4. The molecule has 0 radical (unpaired) electrons. The van der Waals surface area contributed by atoms with Gasteiger partial charge in [-0.3, -0.25) is 0 Å². The summed E-state index contributed by atoms with van der Waals surface area (Å²) in [7, 11) is 0. The summed E-state index contributed by atoms with van der Waals surface area (Å²) in [5.74, 6) is 0. The molecule has 5 heteroatoms. The van der Waals surface area contributed by atoms with Crippen LogP contribution in [0.25, 0.3) is 0 Å². The Bertz CT molecular complexity index is 769. The molecule has 0 aliphatic heterocycles. The molecule has 0 saturated heterocycles. The number of aryl methyl sites for hydroxylation is 1. The van der Waals surface area contributed by atoms with Crippen molar-refractivity contribution < 1.29 is 14.6 Å². The summed E-state index contributed by atoms with van der Waals surface area (Å²) in [6, 6.07) is 4.00. The summed E-state index contributed by atoms with van der Waals surface area (Å²) in [4.78, 5) is 12.1. The van der Waals surface area contributed by atoms with Crippen LogP contribution in [0.3, 0.4) is 0 Å². The number of aliphatic hydroxyl groups excluding tert-OH is 1. The Morgan fingerprint density at radius 2 is 1.87 bits per heavy atom. The summed E-state index contributed by atoms with van der Waals surface area (Å²) in [5.41, 5.74) is 11.3. The average molecular weight is 417 g/mol. The summed E-state index contributed by atoms with van der Waals surface area (Å²) in [5, 5.41) is 12.6. The van der Waals surface area contributed by atoms with Crippen LogP contribution in [-0.4, -0.2) is 29.4 Å². The number of aliphatic hydroxyl groups is 1. The normalized spacial score (nSPS) is 21.0. The number of nitrogens with two attached hydrogens (primary N) is 1. The maximum absolute atomic E-state index is 12.1. The van der Waals surface area contributed by atoms with E-state index in [4.69, 9.17) is 10.5 Å². The molecule has 1 atom stereocenters. The molecule has 1 fully saturated rings. The van der Waals surface area contributed by atoms with Crippen molar-refractivity contribution in [3.05, 3.63) is 28.8 Å². The van der Waals surface area contributed by atoms with Crippen LogP contribution in [0, 0.1) is 5.41 Å². The Morgan fingerprint density at radius 3 is 2.47 bits per heavy atom. The molecular formula is C25H40N2O3. The van der Waals surface area contributed by atoms with Crippen molar-refractivity contribution in [1.82, 2.24) is 5.32 Å². The number of alkyl carbamates (subject to hydrolysis) is 1. The number of hydrogen-bond donors (Lipinski definition) is 3. The first-order valence-corrected chi connectivity index (χ1v) is 11.5. The van der Waals surface area contributed by atoms with Crippen molar-refractivity contribution in [3.63, 3.8) is 0 Å². The molecule has 3 rings (SSSR count). The second-order valence-electron chi connectivity index (χ2n) is 11.2. The Labute approximate surface area is 181 Å². The molecule has 1 spiro atoms. The smallest absolute Gasteiger partial charge is 0.407 e. The first-order chi connectivity index (χ1) is 13.9. The fourth-order valence-corrected chi connectivity index (χ4v) is 5.17. The lowest BCUT2D eigenvalue weighted by atomic mass is 9.58. The Hall–Kier alpha value is -1.75. The van der Waals surface area contributed by atoms with Gasteiger partial charge in [0.15, 0.2) is 0 Å². The summed E-state index contributed by atoms with van der Waals surface area (Å²) in [6.07, 6.45) is 8.55. The van der Waals surface area contributed by atoms with Gasteiger partial charge in [-0.15, -0.1) is 0 Å². The molecule has 1 saturated carbocycles. The van der Waals surface area contributed by atoms with Gasteiger partial charge in [0, 0.05) is 5.69 Å². The third-order valence-electron chi connectivity index (χ3n) is 7.01. The molecule has 168 valence electrons. The highest BCUT2D eigenvalue weighted by Gasteiger charge is 2.42. The van der Waals surface area contributed by atoms with E-state index in [0.29, 0.717) is 11.8 Å². The molecule has 4 N–H and O–H groups in total. The summed E-state index contributed by atoms with van der Waals surface area (Å²) < 4.78 is 5.33. The van der Waals surface area contributed by atoms with Crippen LogP contribution in [0.1, 0.15) is 89.8 Å². The highest BCUT2D eigenvalue weighted by molar-refractivity contribution is 5.68. The van der Waals surface area contributed by atoms with E-state index < -0.39 is 17.7 Å². The number of benzene rings is 1. The Balaban J connectivity index is 1.77. The third-order valence-corrected chi connectivity index (χ3v) is 7.01. The van der Waals surface area contributed by atoms with Crippen LogP contribution >= 0.6 is 0 Å². The number of amides is 1. The highest BCUT2D eigenvalue weighted by atomic mass is 16.6. The van der Waals surface area contributed by atoms with Gasteiger partial charge in [-0.05, 0) is 106 Å². The van der Waals surface area contributed by atoms with Gasteiger partial charge >= 0.3 is 6.09 Å². The van der Waals surface area contributed by atoms with E-state index in [2.05, 4.69) is 31.3 Å². The van der Waals surface area contributed by atoms with Crippen LogP contribution < -0.4 is 11.1 Å². The lowest BCUT2D eigenvalue weighted by Gasteiger charge is -2.47. The second-order valence-corrected chi connectivity index (χ2v) is 11.2. The monoisotopic (exact) mass is 416 g/mol. The minimum atomic E-state index is -0.572. The van der Waals surface area contributed by atoms with Crippen molar-refractivity contribution in [3.8, 4) is 0 Å². The maximum atomic E-state index is 12.1. The molecule has 1 aromatic rings. The van der Waals surface area contributed by atoms with Crippen molar-refractivity contribution in [2.45, 2.75) is 103 Å². The number of fused-ring (bicyclic) bond motifs is 2. The fourth-order valence-electron chi connectivity index (χ4n) is 5.17. The minimum Gasteiger partial charge on any atom is -0.444 e. The summed E-state index contributed by atoms with van der Waals surface area (Å²) >= 11 is 0. The highest BCUT2D eigenvalue weighted by Crippen LogP contribution is 2.52. The van der Waals surface area contributed by atoms with Crippen LogP contribution in [0.5, 0.6) is 0 Å². The predicted octanol–water partition coefficient (Wildman–Crippen LogP) is 4.87. The number of hydrogen-bond acceptors (Lipinski definition) is 4. The van der Waals surface area contributed by atoms with E-state index in [1.54, 1.807) is 0 Å². The van der Waals surface area contributed by atoms with Crippen LogP contribution in [-0.2, 0) is 23.0 Å². The zero-order chi connectivity index (χ0) is 22.2. The number of nitrogens with one attached hydrogen (secondary N) is 1. The molecule has 30 heavy (non-hydrogen) atoms. The Morgan fingerprint density at radius 1 is 1.20 bits per heavy atom. The third kappa shape index (κ3) is 5.29. The molecular weight excluding hydrogens is 376 g/mol. The average Bonchev–Trinajstić information content (AvgIpc) is 2.63. The largest absolute Gasteiger partial charge is 0.444 e. The zero-order valence-corrected chi connectivity index (χ0v) is 19.4. The van der Waals surface area contributed by atoms with Crippen molar-refractivity contribution in [1.29, 1.82) is 0 Å². The number of ether oxygens (including phenoxy) is 1. The molecule has 1 aromatic carbocycles. The van der Waals surface area contributed by atoms with Crippen LogP contribution in [0.4, 0.5) is 10.5 Å². The summed E-state index contributed by atoms with van der Waals surface area (Å²) in [6.45, 7) is 10.1. The lowest BCUT2D eigenvalue weighted by Crippen LogP contribution is -2.42. The van der Waals surface area contributed by atoms with Crippen molar-refractivity contribution >= 4 is 11.8 Å². The molecule has 0 aromatic heterocycles. The van der Waals surface area contributed by atoms with Crippen molar-refractivity contribution in [2.24, 2.45) is 5.41 Å². The SMILES string of the molecule is CC1(C)CCC2(CCCc3cc(CC(CO)NC(=O)OC(C)(C)C)c(N)cc32)CC1. The van der Waals surface area contributed by atoms with E-state index in [1.807, 2.05) is 20.8 Å². The van der Waals surface area contributed by atoms with Gasteiger partial charge in [0.1, 0.15) is 5.60 Å². The van der Waals surface area contributed by atoms with Crippen LogP contribution in [0.2, 0.25) is 0 Å². The maximum Gasteiger partial charge on any atom is 0.407 e. The second kappa shape index (κ2) is 8.41. The molecule has 0 bridgehead atoms. The quantitative estimate of drug-likeness (QED) is 0.611. The van der Waals surface area contributed by atoms with Crippen LogP contribution in [0.15, 0.2) is 12.1 Å². The molecule has 1 unspecified atom stereocenters. The van der Waals surface area contributed by atoms with E-state index >= 15 is 0 Å². The van der Waals surface area contributed by atoms with Gasteiger partial charge in [-0.1, -0.05) is 19.9 Å². The molecule has 2 aliphatic carbocycles.